The first-order chi connectivity index (χ1) is 13.5. The first kappa shape index (κ1) is 18.5. The predicted molar refractivity (Wildman–Crippen MR) is 92.1 cm³/mol. The number of rotatable bonds is 6. The number of thioether (sulfide) groups is 1. The number of nitrogens with zero attached hydrogens (tertiary/aromatic N) is 4. The van der Waals surface area contributed by atoms with Crippen LogP contribution in [-0.2, 0) is 37.0 Å². The van der Waals surface area contributed by atoms with Crippen molar-refractivity contribution in [3.8, 4) is 0 Å². The third-order valence-electron chi connectivity index (χ3n) is 5.05. The highest BCUT2D eigenvalue weighted by Crippen LogP contribution is 2.39. The second-order valence-electron chi connectivity index (χ2n) is 6.64. The van der Waals surface area contributed by atoms with Gasteiger partial charge in [-0.2, -0.15) is 0 Å². The molecule has 2 N–H and O–H groups in total. The molecule has 4 rings (SSSR count). The van der Waals surface area contributed by atoms with Crippen LogP contribution in [0.2, 0.25) is 0 Å². The third-order valence-corrected chi connectivity index (χ3v) is 6.41. The number of carbonyl (C=O) groups excluding carboxylic acids is 4. The molecule has 148 valence electrons. The van der Waals surface area contributed by atoms with Crippen LogP contribution < -0.4 is 20.4 Å². The average molecular weight is 407 g/mol. The quantitative estimate of drug-likeness (QED) is 0.291. The fourth-order valence-electron chi connectivity index (χ4n) is 3.74. The third kappa shape index (κ3) is 2.76. The van der Waals surface area contributed by atoms with E-state index in [0.717, 1.165) is 0 Å². The Morgan fingerprint density at radius 2 is 2.21 bits per heavy atom. The van der Waals surface area contributed by atoms with E-state index in [2.05, 4.69) is 0 Å². The van der Waals surface area contributed by atoms with E-state index in [1.165, 1.54) is 21.6 Å². The Balaban J connectivity index is 1.67. The van der Waals surface area contributed by atoms with Gasteiger partial charge in [-0.1, -0.05) is 0 Å². The van der Waals surface area contributed by atoms with E-state index in [-0.39, 0.29) is 18.8 Å². The van der Waals surface area contributed by atoms with Gasteiger partial charge in [-0.25, -0.2) is 0 Å². The van der Waals surface area contributed by atoms with Crippen LogP contribution >= 0.6 is 11.8 Å². The van der Waals surface area contributed by atoms with Gasteiger partial charge in [-0.05, 0) is 0 Å². The molecule has 1 aromatic rings. The summed E-state index contributed by atoms with van der Waals surface area (Å²) in [4.78, 5) is 48.4. The number of carboxylic acids is 1. The Kier molecular flexibility index (Phi) is 4.59. The smallest absolute Gasteiger partial charge is 0.293 e. The number of aromatic nitrogens is 2. The number of hydrogen-bond donors (Lipinski definition) is 1. The van der Waals surface area contributed by atoms with Crippen LogP contribution in [0.1, 0.15) is 0 Å². The van der Waals surface area contributed by atoms with Crippen LogP contribution in [0.15, 0.2) is 23.5 Å². The van der Waals surface area contributed by atoms with Gasteiger partial charge in [0.25, 0.3) is 6.47 Å². The molecular weight excluding hydrogens is 390 g/mol. The molecular formula is C16H17N5O6S. The lowest BCUT2D eigenvalue weighted by Crippen LogP contribution is -2.69. The molecule has 4 heterocycles. The standard InChI is InChI=1S/C16H17N5O6S/c17-12-14(24)21-13(16(25)26)9(6-28-15(12)21)3-19-2-1-11-18(7-22)4-10(27-8-23)5-20(11)19/h1-2,7-8,10,12,15H,3-6,17H2/t10?,12-,15-/m1/s1. The van der Waals surface area contributed by atoms with Crippen LogP contribution in [0.5, 0.6) is 0 Å². The van der Waals surface area contributed by atoms with Gasteiger partial charge in [0.05, 0.1) is 24.3 Å². The summed E-state index contributed by atoms with van der Waals surface area (Å²) >= 11 is 1.40. The minimum Gasteiger partial charge on any atom is -0.543 e. The van der Waals surface area contributed by atoms with E-state index in [1.807, 2.05) is 0 Å². The Labute approximate surface area is 163 Å². The molecule has 11 nitrogen and oxygen atoms in total. The molecule has 0 aromatic carbocycles. The topological polar surface area (TPSA) is 142 Å². The van der Waals surface area contributed by atoms with Gasteiger partial charge in [0.1, 0.15) is 24.1 Å². The lowest BCUT2D eigenvalue weighted by Gasteiger charge is -2.49. The van der Waals surface area contributed by atoms with Crippen molar-refractivity contribution in [2.75, 3.05) is 17.2 Å². The molecule has 1 fully saturated rings. The molecule has 12 heteroatoms. The monoisotopic (exact) mass is 407 g/mol. The summed E-state index contributed by atoms with van der Waals surface area (Å²) in [5, 5.41) is 11.3. The number of hydrogen-bond acceptors (Lipinski definition) is 8. The first-order valence-corrected chi connectivity index (χ1v) is 9.55. The molecule has 3 aliphatic heterocycles. The molecule has 1 aromatic heterocycles. The highest BCUT2D eigenvalue weighted by molar-refractivity contribution is 8.00. The molecule has 28 heavy (non-hydrogen) atoms. The molecule has 0 spiro atoms. The number of amides is 2. The lowest BCUT2D eigenvalue weighted by atomic mass is 10.0. The van der Waals surface area contributed by atoms with E-state index in [4.69, 9.17) is 10.5 Å². The summed E-state index contributed by atoms with van der Waals surface area (Å²) in [5.74, 6) is -0.893. The SMILES string of the molecule is N[C@@H]1C(=O)N2C(C(=O)[O-])=C(C[n+]3ccc4n3CC(OC=O)CN4C=O)CS[C@H]12. The summed E-state index contributed by atoms with van der Waals surface area (Å²) in [6.07, 6.45) is 1.82. The fourth-order valence-corrected chi connectivity index (χ4v) is 5.02. The normalized spacial score (nSPS) is 26.3. The minimum absolute atomic E-state index is 0.151. The zero-order valence-corrected chi connectivity index (χ0v) is 15.4. The zero-order chi connectivity index (χ0) is 20.0. The average Bonchev–Trinajstić information content (AvgIpc) is 3.09. The lowest BCUT2D eigenvalue weighted by molar-refractivity contribution is -0.768. The van der Waals surface area contributed by atoms with Crippen LogP contribution in [0.25, 0.3) is 0 Å². The number of anilines is 1. The minimum atomic E-state index is -1.43. The zero-order valence-electron chi connectivity index (χ0n) is 14.6. The van der Waals surface area contributed by atoms with Crippen molar-refractivity contribution < 1.29 is 33.7 Å². The van der Waals surface area contributed by atoms with Gasteiger partial charge in [-0.3, -0.25) is 24.2 Å². The number of aliphatic carboxylic acids is 1. The molecule has 2 amide bonds. The summed E-state index contributed by atoms with van der Waals surface area (Å²) in [5.41, 5.74) is 6.10. The highest BCUT2D eigenvalue weighted by atomic mass is 32.2. The maximum absolute atomic E-state index is 12.0. The van der Waals surface area contributed by atoms with Gasteiger partial charge in [0.15, 0.2) is 18.6 Å². The van der Waals surface area contributed by atoms with Crippen LogP contribution in [-0.4, -0.2) is 64.2 Å². The Morgan fingerprint density at radius 1 is 1.43 bits per heavy atom. The van der Waals surface area contributed by atoms with Crippen molar-refractivity contribution in [1.29, 1.82) is 0 Å². The Hall–Kier alpha value is -2.86. The largest absolute Gasteiger partial charge is 0.543 e. The Morgan fingerprint density at radius 3 is 2.89 bits per heavy atom. The molecule has 0 aliphatic carbocycles. The number of carbonyl (C=O) groups is 4. The first-order valence-electron chi connectivity index (χ1n) is 8.50. The number of carboxylic acid groups (broad SMARTS) is 1. The number of fused-ring (bicyclic) bond motifs is 2. The van der Waals surface area contributed by atoms with Gasteiger partial charge in [0.2, 0.25) is 12.3 Å². The van der Waals surface area contributed by atoms with Crippen molar-refractivity contribution in [2.45, 2.75) is 30.6 Å². The second-order valence-corrected chi connectivity index (χ2v) is 7.75. The molecule has 3 aliphatic rings. The summed E-state index contributed by atoms with van der Waals surface area (Å²) in [6, 6.07) is 1.01. The Bertz CT molecular complexity index is 898. The second kappa shape index (κ2) is 6.95. The van der Waals surface area contributed by atoms with Crippen molar-refractivity contribution in [3.05, 3.63) is 23.5 Å². The summed E-state index contributed by atoms with van der Waals surface area (Å²) in [7, 11) is 0. The van der Waals surface area contributed by atoms with Gasteiger partial charge in [0, 0.05) is 11.3 Å². The van der Waals surface area contributed by atoms with E-state index in [0.29, 0.717) is 36.6 Å². The molecule has 0 radical (unpaired) electrons. The molecule has 0 bridgehead atoms. The summed E-state index contributed by atoms with van der Waals surface area (Å²) in [6.45, 7) is 1.04. The highest BCUT2D eigenvalue weighted by Gasteiger charge is 2.50. The van der Waals surface area contributed by atoms with Gasteiger partial charge in [-0.15, -0.1) is 21.1 Å². The number of β-lactam (4-membered cyclic amide) rings is 1. The van der Waals surface area contributed by atoms with Gasteiger partial charge < -0.3 is 20.4 Å². The van der Waals surface area contributed by atoms with Crippen molar-refractivity contribution in [1.82, 2.24) is 9.58 Å². The molecule has 1 unspecified atom stereocenters. The van der Waals surface area contributed by atoms with Crippen LogP contribution in [0.3, 0.4) is 0 Å². The maximum atomic E-state index is 12.0. The predicted octanol–water partition coefficient (Wildman–Crippen LogP) is -3.46. The van der Waals surface area contributed by atoms with E-state index >= 15 is 0 Å². The van der Waals surface area contributed by atoms with E-state index in [1.54, 1.807) is 21.6 Å². The number of nitrogens with two attached hydrogens (primary N) is 1. The van der Waals surface area contributed by atoms with Crippen LogP contribution in [0, 0.1) is 0 Å². The van der Waals surface area contributed by atoms with Crippen LogP contribution in [0.4, 0.5) is 5.82 Å². The van der Waals surface area contributed by atoms with Crippen molar-refractivity contribution in [3.63, 3.8) is 0 Å². The van der Waals surface area contributed by atoms with Crippen molar-refractivity contribution >= 4 is 42.3 Å². The maximum Gasteiger partial charge on any atom is 0.293 e. The molecule has 3 atom stereocenters. The fraction of sp³-hybridized carbons (Fsp3) is 0.438. The molecule has 1 saturated heterocycles. The number of ether oxygens (including phenoxy) is 1. The molecule has 0 saturated carbocycles. The van der Waals surface area contributed by atoms with E-state index < -0.39 is 29.4 Å². The summed E-state index contributed by atoms with van der Waals surface area (Å²) < 4.78 is 8.46. The van der Waals surface area contributed by atoms with Crippen molar-refractivity contribution in [2.24, 2.45) is 5.73 Å². The van der Waals surface area contributed by atoms with Gasteiger partial charge >= 0.3 is 0 Å². The van der Waals surface area contributed by atoms with E-state index in [9.17, 15) is 24.3 Å².